The predicted octanol–water partition coefficient (Wildman–Crippen LogP) is 3.85. The number of nitrogens with one attached hydrogen (secondary N) is 1. The molecular weight excluding hydrogens is 391 g/mol. The number of fused-ring (bicyclic) bond motifs is 1. The van der Waals surface area contributed by atoms with Crippen molar-refractivity contribution >= 4 is 51.5 Å². The van der Waals surface area contributed by atoms with Crippen LogP contribution in [0.4, 0.5) is 0 Å². The lowest BCUT2D eigenvalue weighted by Crippen LogP contribution is -2.30. The minimum atomic E-state index is -0.0646. The number of halogens is 2. The van der Waals surface area contributed by atoms with Gasteiger partial charge < -0.3 is 11.1 Å². The Bertz CT molecular complexity index is 906. The minimum absolute atomic E-state index is 0. The number of aryl methyl sites for hydroxylation is 1. The van der Waals surface area contributed by atoms with E-state index in [1.54, 1.807) is 0 Å². The molecule has 0 saturated carbocycles. The lowest BCUT2D eigenvalue weighted by Gasteiger charge is -2.08. The summed E-state index contributed by atoms with van der Waals surface area (Å²) in [7, 11) is 0. The van der Waals surface area contributed by atoms with Crippen molar-refractivity contribution in [1.82, 2.24) is 15.1 Å². The maximum atomic E-state index is 12.4. The van der Waals surface area contributed by atoms with Gasteiger partial charge in [-0.1, -0.05) is 36.7 Å². The highest BCUT2D eigenvalue weighted by Crippen LogP contribution is 2.29. The average molecular weight is 413 g/mol. The molecule has 3 rings (SSSR count). The molecule has 0 bridgehead atoms. The molecule has 26 heavy (non-hydrogen) atoms. The molecule has 2 heterocycles. The van der Waals surface area contributed by atoms with Crippen LogP contribution in [0.15, 0.2) is 30.3 Å². The predicted molar refractivity (Wildman–Crippen MR) is 111 cm³/mol. The molecule has 0 aliphatic rings. The normalized spacial score (nSPS) is 12.0. The number of carbonyl (C=O) groups excluding carboxylic acids is 1. The van der Waals surface area contributed by atoms with E-state index >= 15 is 0 Å². The largest absolute Gasteiger partial charge is 0.351 e. The van der Waals surface area contributed by atoms with E-state index in [9.17, 15) is 4.79 Å². The number of amides is 1. The van der Waals surface area contributed by atoms with Crippen LogP contribution in [0.3, 0.4) is 0 Å². The van der Waals surface area contributed by atoms with Gasteiger partial charge in [-0.15, -0.1) is 23.7 Å². The van der Waals surface area contributed by atoms with E-state index in [2.05, 4.69) is 10.4 Å². The summed E-state index contributed by atoms with van der Waals surface area (Å²) in [5.74, 6) is 0.195. The second kappa shape index (κ2) is 8.86. The van der Waals surface area contributed by atoms with E-state index in [1.807, 2.05) is 48.9 Å². The lowest BCUT2D eigenvalue weighted by atomic mass is 10.2. The number of hydrogen-bond acceptors (Lipinski definition) is 4. The maximum absolute atomic E-state index is 12.4. The highest BCUT2D eigenvalue weighted by atomic mass is 35.5. The van der Waals surface area contributed by atoms with Crippen LogP contribution in [0, 0.1) is 12.8 Å². The van der Waals surface area contributed by atoms with Crippen LogP contribution in [0.2, 0.25) is 5.02 Å². The first-order valence-electron chi connectivity index (χ1n) is 8.18. The Hall–Kier alpha value is -1.60. The molecule has 0 spiro atoms. The number of aromatic nitrogens is 2. The first-order valence-corrected chi connectivity index (χ1v) is 9.37. The third kappa shape index (κ3) is 4.38. The molecule has 5 nitrogen and oxygen atoms in total. The lowest BCUT2D eigenvalue weighted by molar-refractivity contribution is 0.0952. The van der Waals surface area contributed by atoms with Crippen molar-refractivity contribution in [2.45, 2.75) is 20.4 Å². The zero-order chi connectivity index (χ0) is 18.0. The molecule has 8 heteroatoms. The maximum Gasteiger partial charge on any atom is 0.261 e. The van der Waals surface area contributed by atoms with E-state index in [-0.39, 0.29) is 24.2 Å². The number of nitrogens with zero attached hydrogens (tertiary/aromatic N) is 2. The van der Waals surface area contributed by atoms with Gasteiger partial charge in [-0.2, -0.15) is 5.10 Å². The zero-order valence-corrected chi connectivity index (χ0v) is 17.0. The minimum Gasteiger partial charge on any atom is -0.351 e. The molecule has 140 valence electrons. The smallest absolute Gasteiger partial charge is 0.261 e. The summed E-state index contributed by atoms with van der Waals surface area (Å²) in [6, 6.07) is 9.64. The van der Waals surface area contributed by atoms with Crippen molar-refractivity contribution in [3.05, 3.63) is 51.5 Å². The number of thiophene rings is 1. The van der Waals surface area contributed by atoms with Crippen molar-refractivity contribution < 1.29 is 4.79 Å². The van der Waals surface area contributed by atoms with Crippen LogP contribution < -0.4 is 11.1 Å². The molecular formula is C18H22Cl2N4OS. The number of rotatable bonds is 6. The van der Waals surface area contributed by atoms with Crippen LogP contribution in [0.25, 0.3) is 10.2 Å². The summed E-state index contributed by atoms with van der Waals surface area (Å²) in [4.78, 5) is 14.0. The zero-order valence-electron chi connectivity index (χ0n) is 14.7. The van der Waals surface area contributed by atoms with E-state index in [1.165, 1.54) is 11.3 Å². The highest BCUT2D eigenvalue weighted by molar-refractivity contribution is 7.20. The molecule has 1 aromatic carbocycles. The molecule has 0 aliphatic carbocycles. The Labute approximate surface area is 167 Å². The van der Waals surface area contributed by atoms with Gasteiger partial charge in [0.15, 0.2) is 0 Å². The number of benzene rings is 1. The number of nitrogens with two attached hydrogens (primary N) is 1. The Kier molecular flexibility index (Phi) is 7.06. The second-order valence-electron chi connectivity index (χ2n) is 6.21. The Morgan fingerprint density at radius 1 is 1.42 bits per heavy atom. The number of carbonyl (C=O) groups is 1. The van der Waals surface area contributed by atoms with Gasteiger partial charge in [0, 0.05) is 17.0 Å². The molecule has 0 aliphatic heterocycles. The summed E-state index contributed by atoms with van der Waals surface area (Å²) < 4.78 is 1.91. The summed E-state index contributed by atoms with van der Waals surface area (Å²) >= 11 is 7.71. The SMILES string of the molecule is Cc1nn(Cc2ccccc2Cl)c2sc(C(=O)NCC(C)CN)cc12.Cl. The van der Waals surface area contributed by atoms with Crippen molar-refractivity contribution in [3.8, 4) is 0 Å². The van der Waals surface area contributed by atoms with Crippen molar-refractivity contribution in [2.75, 3.05) is 13.1 Å². The van der Waals surface area contributed by atoms with Crippen LogP contribution >= 0.6 is 35.3 Å². The average Bonchev–Trinajstić information content (AvgIpc) is 3.16. The molecule has 1 atom stereocenters. The van der Waals surface area contributed by atoms with Gasteiger partial charge in [0.2, 0.25) is 0 Å². The van der Waals surface area contributed by atoms with Gasteiger partial charge in [-0.3, -0.25) is 9.48 Å². The first-order chi connectivity index (χ1) is 12.0. The summed E-state index contributed by atoms with van der Waals surface area (Å²) in [5, 5.41) is 9.26. The topological polar surface area (TPSA) is 72.9 Å². The third-order valence-corrected chi connectivity index (χ3v) is 5.64. The van der Waals surface area contributed by atoms with E-state index in [0.717, 1.165) is 21.5 Å². The fraction of sp³-hybridized carbons (Fsp3) is 0.333. The number of hydrogen-bond donors (Lipinski definition) is 2. The van der Waals surface area contributed by atoms with Gasteiger partial charge >= 0.3 is 0 Å². The fourth-order valence-corrected chi connectivity index (χ4v) is 3.83. The first kappa shape index (κ1) is 20.7. The molecule has 0 saturated heterocycles. The molecule has 3 aromatic rings. The molecule has 1 amide bonds. The van der Waals surface area contributed by atoms with Crippen LogP contribution in [-0.4, -0.2) is 28.8 Å². The van der Waals surface area contributed by atoms with Crippen molar-refractivity contribution in [3.63, 3.8) is 0 Å². The van der Waals surface area contributed by atoms with Crippen molar-refractivity contribution in [1.29, 1.82) is 0 Å². The second-order valence-corrected chi connectivity index (χ2v) is 7.65. The molecule has 3 N–H and O–H groups in total. The van der Waals surface area contributed by atoms with Crippen molar-refractivity contribution in [2.24, 2.45) is 11.7 Å². The van der Waals surface area contributed by atoms with E-state index in [4.69, 9.17) is 17.3 Å². The van der Waals surface area contributed by atoms with Crippen LogP contribution in [0.5, 0.6) is 0 Å². The highest BCUT2D eigenvalue weighted by Gasteiger charge is 2.17. The van der Waals surface area contributed by atoms with Gasteiger partial charge in [0.05, 0.1) is 17.1 Å². The molecule has 0 radical (unpaired) electrons. The van der Waals surface area contributed by atoms with Gasteiger partial charge in [-0.05, 0) is 37.1 Å². The fourth-order valence-electron chi connectivity index (χ4n) is 2.56. The molecule has 1 unspecified atom stereocenters. The monoisotopic (exact) mass is 412 g/mol. The quantitative estimate of drug-likeness (QED) is 0.645. The van der Waals surface area contributed by atoms with Crippen LogP contribution in [0.1, 0.15) is 27.9 Å². The van der Waals surface area contributed by atoms with Gasteiger partial charge in [-0.25, -0.2) is 0 Å². The Balaban J connectivity index is 0.00000243. The van der Waals surface area contributed by atoms with Gasteiger partial charge in [0.25, 0.3) is 5.91 Å². The summed E-state index contributed by atoms with van der Waals surface area (Å²) in [5.41, 5.74) is 7.51. The molecule has 0 fully saturated rings. The van der Waals surface area contributed by atoms with E-state index in [0.29, 0.717) is 29.5 Å². The molecule has 2 aromatic heterocycles. The third-order valence-electron chi connectivity index (χ3n) is 4.12. The van der Waals surface area contributed by atoms with Gasteiger partial charge in [0.1, 0.15) is 4.83 Å². The van der Waals surface area contributed by atoms with E-state index < -0.39 is 0 Å². The summed E-state index contributed by atoms with van der Waals surface area (Å²) in [6.07, 6.45) is 0. The standard InChI is InChI=1S/C18H21ClN4OS.ClH/c1-11(8-20)9-21-17(24)16-7-14-12(2)22-23(18(14)25-16)10-13-5-3-4-6-15(13)19;/h3-7,11H,8-10,20H2,1-2H3,(H,21,24);1H. The Morgan fingerprint density at radius 3 is 2.85 bits per heavy atom. The summed E-state index contributed by atoms with van der Waals surface area (Å²) in [6.45, 7) is 5.68. The van der Waals surface area contributed by atoms with Crippen LogP contribution in [-0.2, 0) is 6.54 Å². The Morgan fingerprint density at radius 2 is 2.15 bits per heavy atom.